The van der Waals surface area contributed by atoms with E-state index in [0.29, 0.717) is 0 Å². The maximum Gasteiger partial charge on any atom is 0.119 e. The third-order valence-corrected chi connectivity index (χ3v) is 10.2. The molecular formula is C49H104N2O4. The first-order chi connectivity index (χ1) is 27.2. The van der Waals surface area contributed by atoms with Crippen LogP contribution in [0.25, 0.3) is 0 Å². The Morgan fingerprint density at radius 1 is 0.418 bits per heavy atom. The minimum atomic E-state index is 0.750. The summed E-state index contributed by atoms with van der Waals surface area (Å²) in [4.78, 5) is 29.5. The smallest absolute Gasteiger partial charge is 0.119 e. The maximum atomic E-state index is 9.89. The van der Waals surface area contributed by atoms with Gasteiger partial charge in [-0.3, -0.25) is 0 Å². The monoisotopic (exact) mass is 785 g/mol. The van der Waals surface area contributed by atoms with E-state index in [9.17, 15) is 4.79 Å². The molecule has 0 heterocycles. The van der Waals surface area contributed by atoms with Crippen LogP contribution in [0.4, 0.5) is 0 Å². The zero-order chi connectivity index (χ0) is 42.0. The second kappa shape index (κ2) is 70.7. The summed E-state index contributed by atoms with van der Waals surface area (Å²) in [5, 5.41) is 10.3. The van der Waals surface area contributed by atoms with Gasteiger partial charge in [0.05, 0.1) is 0 Å². The Labute approximate surface area is 347 Å². The Hall–Kier alpha value is -1.11. The van der Waals surface area contributed by atoms with Crippen molar-refractivity contribution in [1.82, 2.24) is 10.2 Å². The molecule has 0 unspecified atom stereocenters. The molecule has 55 heavy (non-hydrogen) atoms. The summed E-state index contributed by atoms with van der Waals surface area (Å²) >= 11 is 0. The van der Waals surface area contributed by atoms with E-state index in [1.807, 2.05) is 6.79 Å². The molecule has 0 bridgehead atoms. The molecule has 0 aromatic heterocycles. The van der Waals surface area contributed by atoms with Gasteiger partial charge in [0.15, 0.2) is 0 Å². The van der Waals surface area contributed by atoms with Gasteiger partial charge in [-0.2, -0.15) is 0 Å². The number of aldehydes is 2. The Morgan fingerprint density at radius 3 is 0.873 bits per heavy atom. The topological polar surface area (TPSA) is 86.7 Å². The van der Waals surface area contributed by atoms with E-state index in [1.165, 1.54) is 245 Å². The average molecular weight is 785 g/mol. The van der Waals surface area contributed by atoms with Crippen LogP contribution in [-0.4, -0.2) is 69.7 Å². The third kappa shape index (κ3) is 74.5. The highest BCUT2D eigenvalue weighted by Gasteiger charge is 2.05. The number of hydrogen-bond donors (Lipinski definition) is 2. The lowest BCUT2D eigenvalue weighted by Crippen LogP contribution is -2.29. The number of rotatable bonds is 41. The van der Waals surface area contributed by atoms with Crippen molar-refractivity contribution in [2.24, 2.45) is 0 Å². The molecule has 0 aliphatic carbocycles. The van der Waals surface area contributed by atoms with Gasteiger partial charge in [-0.15, -0.1) is 0 Å². The van der Waals surface area contributed by atoms with Gasteiger partial charge in [0.1, 0.15) is 19.4 Å². The lowest BCUT2D eigenvalue weighted by Gasteiger charge is -2.22. The second-order valence-corrected chi connectivity index (χ2v) is 15.4. The van der Waals surface area contributed by atoms with Crippen LogP contribution < -0.4 is 5.32 Å². The summed E-state index contributed by atoms with van der Waals surface area (Å²) in [5.41, 5.74) is 0. The van der Waals surface area contributed by atoms with Crippen LogP contribution in [0.1, 0.15) is 259 Å². The number of carbonyl (C=O) groups is 3. The normalized spacial score (nSPS) is 10.3. The van der Waals surface area contributed by atoms with E-state index in [2.05, 4.69) is 38.0 Å². The van der Waals surface area contributed by atoms with Crippen molar-refractivity contribution < 1.29 is 19.5 Å². The van der Waals surface area contributed by atoms with Crippen LogP contribution in [0, 0.1) is 0 Å². The molecule has 0 rings (SSSR count). The molecule has 0 aromatic rings. The summed E-state index contributed by atoms with van der Waals surface area (Å²) in [5.74, 6) is 0. The minimum Gasteiger partial charge on any atom is -0.400 e. The number of aliphatic hydroxyl groups excluding tert-OH is 1. The van der Waals surface area contributed by atoms with E-state index in [0.717, 1.165) is 39.1 Å². The molecule has 0 aliphatic rings. The first-order valence-electron chi connectivity index (χ1n) is 24.1. The largest absolute Gasteiger partial charge is 0.400 e. The first kappa shape index (κ1) is 63.1. The molecule has 2 N–H and O–H groups in total. The standard InChI is InChI=1S/C36H76N2.C9H18O.C2H4O.CH4O.CH2O/c1-4-6-8-10-12-14-16-18-20-22-24-26-28-30-34-38(36-32-33-37-3)35-31-29-27-25-23-21-19-17-15-13-11-9-7-5-2;1-2-3-4-5-6-7-8-9-10;1-2-3;2*1-2/h37H,4-36H2,1-3H3;9H,2-8H2,1H3;2H,1H3;2H,1H3;1H2. The molecule has 0 radical (unpaired) electrons. The molecule has 6 nitrogen and oxygen atoms in total. The number of nitrogens with zero attached hydrogens (tertiary/aromatic N) is 1. The van der Waals surface area contributed by atoms with Crippen LogP contribution in [0.5, 0.6) is 0 Å². The molecule has 0 saturated heterocycles. The van der Waals surface area contributed by atoms with Crippen molar-refractivity contribution in [3.05, 3.63) is 0 Å². The fourth-order valence-corrected chi connectivity index (χ4v) is 6.88. The number of aliphatic hydroxyl groups is 1. The van der Waals surface area contributed by atoms with E-state index < -0.39 is 0 Å². The molecule has 0 amide bonds. The zero-order valence-corrected chi connectivity index (χ0v) is 38.8. The number of hydrogen-bond acceptors (Lipinski definition) is 6. The predicted molar refractivity (Wildman–Crippen MR) is 247 cm³/mol. The summed E-state index contributed by atoms with van der Waals surface area (Å²) in [6.45, 7) is 15.4. The van der Waals surface area contributed by atoms with Gasteiger partial charge in [0.25, 0.3) is 0 Å². The minimum absolute atomic E-state index is 0.750. The van der Waals surface area contributed by atoms with Gasteiger partial charge in [0, 0.05) is 13.5 Å². The molecule has 0 saturated carbocycles. The number of nitrogens with one attached hydrogen (secondary N) is 1. The van der Waals surface area contributed by atoms with E-state index >= 15 is 0 Å². The lowest BCUT2D eigenvalue weighted by atomic mass is 10.0. The summed E-state index contributed by atoms with van der Waals surface area (Å²) < 4.78 is 0. The molecule has 0 fully saturated rings. The van der Waals surface area contributed by atoms with Crippen molar-refractivity contribution >= 4 is 19.4 Å². The van der Waals surface area contributed by atoms with Crippen molar-refractivity contribution in [2.45, 2.75) is 259 Å². The first-order valence-corrected chi connectivity index (χ1v) is 24.1. The molecule has 334 valence electrons. The van der Waals surface area contributed by atoms with Gasteiger partial charge < -0.3 is 29.7 Å². The zero-order valence-electron chi connectivity index (χ0n) is 38.8. The maximum absolute atomic E-state index is 9.89. The molecular weight excluding hydrogens is 681 g/mol. The summed E-state index contributed by atoms with van der Waals surface area (Å²) in [6, 6.07) is 0. The quantitative estimate of drug-likeness (QED) is 0.0474. The SMILES string of the molecule is C=O.CC=O.CCCCCCCCC=O.CCCCCCCCCCCCCCCCN(CCCCCCCCCCCCCCCC)CCCNC.CO. The van der Waals surface area contributed by atoms with Crippen LogP contribution in [0.3, 0.4) is 0 Å². The molecule has 0 spiro atoms. The van der Waals surface area contributed by atoms with E-state index in [4.69, 9.17) is 14.7 Å². The van der Waals surface area contributed by atoms with Crippen LogP contribution in [-0.2, 0) is 14.4 Å². The Bertz CT molecular complexity index is 575. The average Bonchev–Trinajstić information content (AvgIpc) is 3.21. The lowest BCUT2D eigenvalue weighted by molar-refractivity contribution is -0.108. The highest BCUT2D eigenvalue weighted by Crippen LogP contribution is 2.15. The highest BCUT2D eigenvalue weighted by atomic mass is 16.2. The van der Waals surface area contributed by atoms with Crippen LogP contribution in [0.2, 0.25) is 0 Å². The van der Waals surface area contributed by atoms with E-state index in [1.54, 1.807) is 0 Å². The Balaban J connectivity index is -0.000000409. The van der Waals surface area contributed by atoms with Gasteiger partial charge in [-0.25, -0.2) is 0 Å². The Morgan fingerprint density at radius 2 is 0.636 bits per heavy atom. The summed E-state index contributed by atoms with van der Waals surface area (Å²) in [7, 11) is 3.09. The number of unbranched alkanes of at least 4 members (excludes halogenated alkanes) is 32. The fourth-order valence-electron chi connectivity index (χ4n) is 6.88. The molecule has 0 aliphatic heterocycles. The van der Waals surface area contributed by atoms with Crippen LogP contribution >= 0.6 is 0 Å². The van der Waals surface area contributed by atoms with E-state index in [-0.39, 0.29) is 0 Å². The third-order valence-electron chi connectivity index (χ3n) is 10.2. The van der Waals surface area contributed by atoms with Crippen molar-refractivity contribution in [1.29, 1.82) is 0 Å². The highest BCUT2D eigenvalue weighted by molar-refractivity contribution is 5.48. The fraction of sp³-hybridized carbons (Fsp3) is 0.939. The van der Waals surface area contributed by atoms with Crippen molar-refractivity contribution in [3.63, 3.8) is 0 Å². The van der Waals surface area contributed by atoms with Gasteiger partial charge in [0.2, 0.25) is 0 Å². The Kier molecular flexibility index (Phi) is 81.0. The summed E-state index contributed by atoms with van der Waals surface area (Å²) in [6.07, 6.45) is 52.2. The predicted octanol–water partition coefficient (Wildman–Crippen LogP) is 14.4. The molecule has 6 heteroatoms. The second-order valence-electron chi connectivity index (χ2n) is 15.4. The van der Waals surface area contributed by atoms with Gasteiger partial charge in [-0.05, 0) is 65.8 Å². The van der Waals surface area contributed by atoms with Crippen LogP contribution in [0.15, 0.2) is 0 Å². The van der Waals surface area contributed by atoms with Gasteiger partial charge in [-0.1, -0.05) is 220 Å². The van der Waals surface area contributed by atoms with Crippen molar-refractivity contribution in [2.75, 3.05) is 40.3 Å². The number of carbonyl (C=O) groups excluding carboxylic acids is 3. The molecule has 0 atom stereocenters. The molecule has 0 aromatic carbocycles. The van der Waals surface area contributed by atoms with Crippen molar-refractivity contribution in [3.8, 4) is 0 Å². The van der Waals surface area contributed by atoms with Gasteiger partial charge >= 0.3 is 0 Å².